The average molecular weight is 400 g/mol. The number of nitrogens with zero attached hydrogens (tertiary/aromatic N) is 4. The van der Waals surface area contributed by atoms with E-state index in [0.717, 1.165) is 28.2 Å². The molecule has 0 fully saturated rings. The summed E-state index contributed by atoms with van der Waals surface area (Å²) in [6, 6.07) is 1.51. The summed E-state index contributed by atoms with van der Waals surface area (Å²) in [5.74, 6) is 0. The maximum atomic E-state index is 11.9. The van der Waals surface area contributed by atoms with Gasteiger partial charge in [0.2, 0.25) is 5.69 Å². The predicted molar refractivity (Wildman–Crippen MR) is 92.8 cm³/mol. The number of rotatable bonds is 5. The number of sulfone groups is 1. The van der Waals surface area contributed by atoms with Crippen LogP contribution in [0.3, 0.4) is 0 Å². The molecule has 27 heavy (non-hydrogen) atoms. The molecule has 1 aromatic carbocycles. The fourth-order valence-electron chi connectivity index (χ4n) is 2.54. The molecular weight excluding hydrogens is 384 g/mol. The third kappa shape index (κ3) is 3.81. The van der Waals surface area contributed by atoms with Crippen LogP contribution in [0.1, 0.15) is 13.8 Å². The average Bonchev–Trinajstić information content (AvgIpc) is 2.94. The molecule has 1 heterocycles. The van der Waals surface area contributed by atoms with Gasteiger partial charge in [-0.3, -0.25) is 25.1 Å². The smallest absolute Gasteiger partial charge is 0.415 e. The highest BCUT2D eigenvalue weighted by molar-refractivity contribution is 7.90. The lowest BCUT2D eigenvalue weighted by molar-refractivity contribution is -0.393. The Bertz CT molecular complexity index is 907. The van der Waals surface area contributed by atoms with Crippen LogP contribution in [0.5, 0.6) is 0 Å². The number of carbonyl (C=O) groups excluding carboxylic acids is 1. The van der Waals surface area contributed by atoms with Crippen molar-refractivity contribution in [3.05, 3.63) is 44.8 Å². The molecule has 0 bridgehead atoms. The van der Waals surface area contributed by atoms with Crippen LogP contribution < -0.4 is 4.90 Å². The topological polar surface area (TPSA) is 153 Å². The fraction of sp³-hybridized carbons (Fsp3) is 0.357. The molecule has 0 saturated heterocycles. The Morgan fingerprint density at radius 2 is 1.70 bits per heavy atom. The first-order chi connectivity index (χ1) is 12.5. The molecule has 0 spiro atoms. The zero-order valence-electron chi connectivity index (χ0n) is 14.6. The quantitative estimate of drug-likeness (QED) is 0.533. The number of nitro groups is 2. The fourth-order valence-corrected chi connectivity index (χ4v) is 3.19. The van der Waals surface area contributed by atoms with Gasteiger partial charge in [0, 0.05) is 30.8 Å². The number of amides is 1. The van der Waals surface area contributed by atoms with E-state index in [4.69, 9.17) is 4.74 Å². The zero-order valence-corrected chi connectivity index (χ0v) is 15.4. The van der Waals surface area contributed by atoms with Crippen LogP contribution in [0.4, 0.5) is 21.9 Å². The number of hydrogen-bond acceptors (Lipinski definition) is 9. The van der Waals surface area contributed by atoms with Gasteiger partial charge in [-0.15, -0.1) is 0 Å². The normalized spacial score (nSPS) is 16.5. The second kappa shape index (κ2) is 7.19. The molecule has 1 atom stereocenters. The van der Waals surface area contributed by atoms with E-state index in [-0.39, 0.29) is 6.61 Å². The van der Waals surface area contributed by atoms with Gasteiger partial charge in [-0.25, -0.2) is 13.2 Å². The van der Waals surface area contributed by atoms with E-state index in [0.29, 0.717) is 0 Å². The highest BCUT2D eigenvalue weighted by Gasteiger charge is 2.38. The third-order valence-corrected chi connectivity index (χ3v) is 4.89. The van der Waals surface area contributed by atoms with Crippen molar-refractivity contribution in [3.8, 4) is 0 Å². The molecule has 12 nitrogen and oxygen atoms in total. The van der Waals surface area contributed by atoms with Crippen molar-refractivity contribution in [1.82, 2.24) is 4.90 Å². The zero-order chi connectivity index (χ0) is 20.5. The summed E-state index contributed by atoms with van der Waals surface area (Å²) in [5, 5.41) is 23.0. The number of carbonyl (C=O) groups is 1. The van der Waals surface area contributed by atoms with E-state index >= 15 is 0 Å². The number of nitro benzene ring substituents is 2. The predicted octanol–water partition coefficient (Wildman–Crippen LogP) is 2.00. The molecule has 1 aliphatic rings. The summed E-state index contributed by atoms with van der Waals surface area (Å²) < 4.78 is 28.4. The highest BCUT2D eigenvalue weighted by Crippen LogP contribution is 2.42. The number of hydrogen-bond donors (Lipinski definition) is 0. The van der Waals surface area contributed by atoms with Crippen LogP contribution >= 0.6 is 0 Å². The van der Waals surface area contributed by atoms with Gasteiger partial charge in [0.05, 0.1) is 21.3 Å². The largest absolute Gasteiger partial charge is 0.449 e. The van der Waals surface area contributed by atoms with Crippen LogP contribution in [0, 0.1) is 20.2 Å². The van der Waals surface area contributed by atoms with Crippen molar-refractivity contribution in [2.45, 2.75) is 24.9 Å². The Hall–Kier alpha value is -3.22. The van der Waals surface area contributed by atoms with Gasteiger partial charge in [-0.05, 0) is 13.8 Å². The van der Waals surface area contributed by atoms with Gasteiger partial charge in [-0.1, -0.05) is 0 Å². The van der Waals surface area contributed by atoms with Crippen LogP contribution in [0.25, 0.3) is 0 Å². The van der Waals surface area contributed by atoms with Gasteiger partial charge in [0.1, 0.15) is 6.17 Å². The Morgan fingerprint density at radius 3 is 2.11 bits per heavy atom. The van der Waals surface area contributed by atoms with E-state index in [1.54, 1.807) is 6.92 Å². The lowest BCUT2D eigenvalue weighted by atomic mass is 10.2. The molecule has 1 amide bonds. The Kier molecular flexibility index (Phi) is 5.35. The number of ether oxygens (including phenoxy) is 1. The Labute approximate surface area is 153 Å². The maximum absolute atomic E-state index is 11.9. The van der Waals surface area contributed by atoms with Gasteiger partial charge in [0.15, 0.2) is 9.84 Å². The number of anilines is 1. The third-order valence-electron chi connectivity index (χ3n) is 3.79. The molecule has 2 rings (SSSR count). The molecule has 0 aliphatic carbocycles. The minimum atomic E-state index is -3.93. The van der Waals surface area contributed by atoms with Crippen molar-refractivity contribution in [2.24, 2.45) is 0 Å². The van der Waals surface area contributed by atoms with Crippen molar-refractivity contribution >= 4 is 33.0 Å². The van der Waals surface area contributed by atoms with Crippen LogP contribution in [0.2, 0.25) is 0 Å². The summed E-state index contributed by atoms with van der Waals surface area (Å²) in [7, 11) is -3.93. The van der Waals surface area contributed by atoms with Crippen molar-refractivity contribution in [2.75, 3.05) is 17.8 Å². The minimum absolute atomic E-state index is 0.0965. The summed E-state index contributed by atoms with van der Waals surface area (Å²) in [4.78, 5) is 34.8. The molecule has 0 aromatic heterocycles. The number of benzene rings is 1. The first-order valence-electron chi connectivity index (χ1n) is 7.57. The molecule has 1 aliphatic heterocycles. The monoisotopic (exact) mass is 400 g/mol. The molecule has 146 valence electrons. The van der Waals surface area contributed by atoms with Crippen molar-refractivity contribution in [3.63, 3.8) is 0 Å². The Morgan fingerprint density at radius 1 is 1.19 bits per heavy atom. The van der Waals surface area contributed by atoms with E-state index in [1.165, 1.54) is 19.3 Å². The van der Waals surface area contributed by atoms with Crippen LogP contribution in [0.15, 0.2) is 29.4 Å². The van der Waals surface area contributed by atoms with Gasteiger partial charge in [0.25, 0.3) is 0 Å². The molecule has 0 saturated carbocycles. The van der Waals surface area contributed by atoms with E-state index in [1.807, 2.05) is 0 Å². The second-order valence-electron chi connectivity index (χ2n) is 5.54. The summed E-state index contributed by atoms with van der Waals surface area (Å²) >= 11 is 0. The molecule has 0 radical (unpaired) electrons. The summed E-state index contributed by atoms with van der Waals surface area (Å²) in [5.41, 5.74) is -1.98. The summed E-state index contributed by atoms with van der Waals surface area (Å²) in [6.07, 6.45) is 1.70. The van der Waals surface area contributed by atoms with E-state index < -0.39 is 53.9 Å². The molecule has 1 unspecified atom stereocenters. The SMILES string of the molecule is CCOC(=O)N1C=CN(c2c([N+](=O)[O-])cc(S(C)(=O)=O)cc2[N+](=O)[O-])C1C. The maximum Gasteiger partial charge on any atom is 0.415 e. The first kappa shape index (κ1) is 20.1. The minimum Gasteiger partial charge on any atom is -0.449 e. The molecule has 0 N–H and O–H groups in total. The Balaban J connectivity index is 2.66. The van der Waals surface area contributed by atoms with Gasteiger partial charge < -0.3 is 9.64 Å². The summed E-state index contributed by atoms with van der Waals surface area (Å²) in [6.45, 7) is 3.17. The lowest BCUT2D eigenvalue weighted by Crippen LogP contribution is -2.40. The molecular formula is C14H16N4O8S. The van der Waals surface area contributed by atoms with E-state index in [2.05, 4.69) is 0 Å². The molecule has 13 heteroatoms. The first-order valence-corrected chi connectivity index (χ1v) is 9.46. The van der Waals surface area contributed by atoms with Crippen molar-refractivity contribution in [1.29, 1.82) is 0 Å². The van der Waals surface area contributed by atoms with E-state index in [9.17, 15) is 33.4 Å². The molecule has 1 aromatic rings. The highest BCUT2D eigenvalue weighted by atomic mass is 32.2. The van der Waals surface area contributed by atoms with Crippen LogP contribution in [-0.2, 0) is 14.6 Å². The standard InChI is InChI=1S/C14H16N4O8S/c1-4-26-14(19)16-6-5-15(9(16)2)13-11(17(20)21)7-10(27(3,24)25)8-12(13)18(22)23/h5-9H,4H2,1-3H3. The van der Waals surface area contributed by atoms with Gasteiger partial charge >= 0.3 is 17.5 Å². The lowest BCUT2D eigenvalue weighted by Gasteiger charge is -2.27. The van der Waals surface area contributed by atoms with Crippen LogP contribution in [-0.4, -0.2) is 48.3 Å². The van der Waals surface area contributed by atoms with Crippen molar-refractivity contribution < 1.29 is 27.8 Å². The van der Waals surface area contributed by atoms with Gasteiger partial charge in [-0.2, -0.15) is 0 Å². The second-order valence-corrected chi connectivity index (χ2v) is 7.56.